The molecule has 0 bridgehead atoms. The summed E-state index contributed by atoms with van der Waals surface area (Å²) in [5, 5.41) is 10.3. The maximum Gasteiger partial charge on any atom is 0.327 e. The van der Waals surface area contributed by atoms with E-state index in [-0.39, 0.29) is 5.75 Å². The minimum absolute atomic E-state index is 0.0710. The van der Waals surface area contributed by atoms with Gasteiger partial charge < -0.3 is 10.4 Å². The number of hydrogen-bond donors (Lipinski definition) is 4. The summed E-state index contributed by atoms with van der Waals surface area (Å²) < 4.78 is 0. The van der Waals surface area contributed by atoms with Gasteiger partial charge in [0.25, 0.3) is 0 Å². The molecule has 1 unspecified atom stereocenters. The van der Waals surface area contributed by atoms with Crippen LogP contribution in [0.5, 0.6) is 0 Å². The van der Waals surface area contributed by atoms with Crippen molar-refractivity contribution in [2.45, 2.75) is 18.2 Å². The van der Waals surface area contributed by atoms with Crippen LogP contribution >= 0.6 is 25.3 Å². The first-order valence-electron chi connectivity index (χ1n) is 3.31. The van der Waals surface area contributed by atoms with Crippen molar-refractivity contribution in [2.24, 2.45) is 0 Å². The molecule has 70 valence electrons. The Balaban J connectivity index is 4.03. The third kappa shape index (κ3) is 3.87. The number of amides is 1. The van der Waals surface area contributed by atoms with E-state index in [9.17, 15) is 9.59 Å². The maximum atomic E-state index is 10.9. The molecule has 0 radical (unpaired) electrons. The lowest BCUT2D eigenvalue weighted by Gasteiger charge is -2.12. The van der Waals surface area contributed by atoms with Gasteiger partial charge in [-0.25, -0.2) is 4.79 Å². The van der Waals surface area contributed by atoms with Gasteiger partial charge in [-0.05, 0) is 6.92 Å². The van der Waals surface area contributed by atoms with Gasteiger partial charge in [-0.1, -0.05) is 0 Å². The van der Waals surface area contributed by atoms with Crippen molar-refractivity contribution in [3.05, 3.63) is 0 Å². The lowest BCUT2D eigenvalue weighted by atomic mass is 10.3. The number of carbonyl (C=O) groups excluding carboxylic acids is 1. The minimum Gasteiger partial charge on any atom is -0.480 e. The predicted molar refractivity (Wildman–Crippen MR) is 51.9 cm³/mol. The number of carbonyl (C=O) groups is 2. The van der Waals surface area contributed by atoms with Gasteiger partial charge in [0.1, 0.15) is 6.04 Å². The molecule has 12 heavy (non-hydrogen) atoms. The highest BCUT2D eigenvalue weighted by Crippen LogP contribution is 1.95. The number of rotatable bonds is 4. The van der Waals surface area contributed by atoms with Crippen LogP contribution in [0.2, 0.25) is 0 Å². The third-order valence-electron chi connectivity index (χ3n) is 1.18. The Morgan fingerprint density at radius 2 is 2.08 bits per heavy atom. The molecule has 0 aromatic rings. The fraction of sp³-hybridized carbons (Fsp3) is 0.667. The highest BCUT2D eigenvalue weighted by atomic mass is 32.1. The van der Waals surface area contributed by atoms with Crippen molar-refractivity contribution in [1.29, 1.82) is 0 Å². The summed E-state index contributed by atoms with van der Waals surface area (Å²) in [7, 11) is 0. The van der Waals surface area contributed by atoms with Crippen molar-refractivity contribution in [1.82, 2.24) is 5.32 Å². The zero-order valence-electron chi connectivity index (χ0n) is 6.52. The second kappa shape index (κ2) is 5.31. The van der Waals surface area contributed by atoms with Crippen LogP contribution in [0, 0.1) is 0 Å². The molecule has 0 spiro atoms. The van der Waals surface area contributed by atoms with Gasteiger partial charge in [-0.3, -0.25) is 4.79 Å². The van der Waals surface area contributed by atoms with Gasteiger partial charge in [0, 0.05) is 5.75 Å². The van der Waals surface area contributed by atoms with Crippen molar-refractivity contribution in [2.75, 3.05) is 5.75 Å². The molecule has 4 nitrogen and oxygen atoms in total. The molecular formula is C6H11NO3S2. The fourth-order valence-electron chi connectivity index (χ4n) is 0.478. The molecule has 0 saturated heterocycles. The standard InChI is InChI=1S/C6H11NO3S2/c1-3(12)5(8)7-4(2-11)6(9)10/h3-4,11-12H,2H2,1H3,(H,7,8)(H,9,10)/t3-,4?/m1/s1. The predicted octanol–water partition coefficient (Wildman–Crippen LogP) is -0.196. The van der Waals surface area contributed by atoms with Crippen LogP contribution in [-0.4, -0.2) is 34.0 Å². The molecule has 0 aliphatic carbocycles. The molecule has 0 aromatic carbocycles. The smallest absolute Gasteiger partial charge is 0.327 e. The summed E-state index contributed by atoms with van der Waals surface area (Å²) >= 11 is 7.62. The van der Waals surface area contributed by atoms with Gasteiger partial charge in [0.15, 0.2) is 0 Å². The molecule has 0 aliphatic rings. The number of thiol groups is 2. The van der Waals surface area contributed by atoms with E-state index >= 15 is 0 Å². The second-order valence-corrected chi connectivity index (χ2v) is 3.40. The van der Waals surface area contributed by atoms with Crippen molar-refractivity contribution in [3.8, 4) is 0 Å². The highest BCUT2D eigenvalue weighted by Gasteiger charge is 2.19. The Bertz CT molecular complexity index is 184. The number of aliphatic carboxylic acids is 1. The van der Waals surface area contributed by atoms with Crippen molar-refractivity contribution >= 4 is 37.1 Å². The molecule has 6 heteroatoms. The van der Waals surface area contributed by atoms with E-state index in [1.807, 2.05) is 0 Å². The van der Waals surface area contributed by atoms with Crippen molar-refractivity contribution < 1.29 is 14.7 Å². The molecule has 0 saturated carbocycles. The summed E-state index contributed by atoms with van der Waals surface area (Å²) in [6.07, 6.45) is 0. The normalized spacial score (nSPS) is 14.9. The van der Waals surface area contributed by atoms with Gasteiger partial charge in [-0.2, -0.15) is 25.3 Å². The average molecular weight is 209 g/mol. The minimum atomic E-state index is -1.09. The van der Waals surface area contributed by atoms with E-state index < -0.39 is 23.2 Å². The zero-order valence-corrected chi connectivity index (χ0v) is 8.31. The molecule has 0 fully saturated rings. The Labute approximate surface area is 81.5 Å². The summed E-state index contributed by atoms with van der Waals surface area (Å²) in [4.78, 5) is 21.3. The van der Waals surface area contributed by atoms with E-state index in [4.69, 9.17) is 5.11 Å². The average Bonchev–Trinajstić information content (AvgIpc) is 1.98. The number of nitrogens with one attached hydrogen (secondary N) is 1. The number of carboxylic acid groups (broad SMARTS) is 1. The number of carboxylic acids is 1. The first-order valence-corrected chi connectivity index (χ1v) is 4.46. The van der Waals surface area contributed by atoms with E-state index in [2.05, 4.69) is 30.6 Å². The van der Waals surface area contributed by atoms with E-state index in [1.165, 1.54) is 0 Å². The molecule has 0 heterocycles. The van der Waals surface area contributed by atoms with Crippen LogP contribution in [0.25, 0.3) is 0 Å². The Morgan fingerprint density at radius 1 is 1.58 bits per heavy atom. The Kier molecular flexibility index (Phi) is 5.16. The molecule has 0 aliphatic heterocycles. The Hall–Kier alpha value is -0.360. The quantitative estimate of drug-likeness (QED) is 0.485. The van der Waals surface area contributed by atoms with Gasteiger partial charge in [-0.15, -0.1) is 0 Å². The van der Waals surface area contributed by atoms with Gasteiger partial charge in [0.05, 0.1) is 5.25 Å². The third-order valence-corrected chi connectivity index (χ3v) is 1.78. The first kappa shape index (κ1) is 11.6. The maximum absolute atomic E-state index is 10.9. The monoisotopic (exact) mass is 209 g/mol. The summed E-state index contributed by atoms with van der Waals surface area (Å²) in [6.45, 7) is 1.57. The topological polar surface area (TPSA) is 66.4 Å². The Morgan fingerprint density at radius 3 is 2.33 bits per heavy atom. The van der Waals surface area contributed by atoms with Crippen molar-refractivity contribution in [3.63, 3.8) is 0 Å². The van der Waals surface area contributed by atoms with Crippen LogP contribution in [0.4, 0.5) is 0 Å². The lowest BCUT2D eigenvalue weighted by molar-refractivity contribution is -0.140. The summed E-state index contributed by atoms with van der Waals surface area (Å²) in [6, 6.07) is -0.935. The summed E-state index contributed by atoms with van der Waals surface area (Å²) in [5.74, 6) is -1.42. The van der Waals surface area contributed by atoms with Crippen LogP contribution < -0.4 is 5.32 Å². The SMILES string of the molecule is C[C@@H](S)C(=O)NC(CS)C(=O)O. The van der Waals surface area contributed by atoms with Crippen LogP contribution in [0.3, 0.4) is 0 Å². The van der Waals surface area contributed by atoms with Gasteiger partial charge in [0.2, 0.25) is 5.91 Å². The van der Waals surface area contributed by atoms with Crippen LogP contribution in [0.15, 0.2) is 0 Å². The molecule has 0 rings (SSSR count). The fourth-order valence-corrected chi connectivity index (χ4v) is 0.800. The number of hydrogen-bond acceptors (Lipinski definition) is 4. The summed E-state index contributed by atoms with van der Waals surface area (Å²) in [5.41, 5.74) is 0. The van der Waals surface area contributed by atoms with E-state index in [1.54, 1.807) is 6.92 Å². The highest BCUT2D eigenvalue weighted by molar-refractivity contribution is 7.81. The molecule has 2 atom stereocenters. The molecule has 2 N–H and O–H groups in total. The zero-order chi connectivity index (χ0) is 9.72. The molecular weight excluding hydrogens is 198 g/mol. The first-order chi connectivity index (χ1) is 5.49. The van der Waals surface area contributed by atoms with Gasteiger partial charge >= 0.3 is 5.97 Å². The van der Waals surface area contributed by atoms with E-state index in [0.717, 1.165) is 0 Å². The lowest BCUT2D eigenvalue weighted by Crippen LogP contribution is -2.44. The molecule has 0 aromatic heterocycles. The van der Waals surface area contributed by atoms with E-state index in [0.29, 0.717) is 0 Å². The van der Waals surface area contributed by atoms with Crippen LogP contribution in [-0.2, 0) is 9.59 Å². The second-order valence-electron chi connectivity index (χ2n) is 2.26. The molecule has 1 amide bonds. The largest absolute Gasteiger partial charge is 0.480 e. The van der Waals surface area contributed by atoms with Crippen LogP contribution in [0.1, 0.15) is 6.92 Å².